The first kappa shape index (κ1) is 15.5. The van der Waals surface area contributed by atoms with Gasteiger partial charge in [0.25, 0.3) is 0 Å². The molecule has 0 radical (unpaired) electrons. The van der Waals surface area contributed by atoms with Crippen molar-refractivity contribution in [2.45, 2.75) is 31.0 Å². The molecule has 1 aromatic carbocycles. The number of aryl methyl sites for hydroxylation is 2. The summed E-state index contributed by atoms with van der Waals surface area (Å²) in [5.74, 6) is -0.0602. The van der Waals surface area contributed by atoms with E-state index < -0.39 is 0 Å². The van der Waals surface area contributed by atoms with Crippen LogP contribution in [0.5, 0.6) is 0 Å². The third-order valence-electron chi connectivity index (χ3n) is 3.50. The van der Waals surface area contributed by atoms with Gasteiger partial charge in [0.05, 0.1) is 11.6 Å². The summed E-state index contributed by atoms with van der Waals surface area (Å²) < 4.78 is 0. The minimum atomic E-state index is -0.295. The summed E-state index contributed by atoms with van der Waals surface area (Å²) in [4.78, 5) is 27.9. The van der Waals surface area contributed by atoms with Gasteiger partial charge in [-0.15, -0.1) is 0 Å². The molecule has 0 aliphatic carbocycles. The summed E-state index contributed by atoms with van der Waals surface area (Å²) in [5, 5.41) is 3.41. The number of H-pyrrole nitrogens is 1. The minimum absolute atomic E-state index is 0.0602. The molecule has 2 aromatic heterocycles. The number of nitrogens with one attached hydrogen (secondary N) is 2. The Morgan fingerprint density at radius 2 is 2.09 bits per heavy atom. The number of carbonyl (C=O) groups excluding carboxylic acids is 1. The Labute approximate surface area is 138 Å². The van der Waals surface area contributed by atoms with E-state index in [4.69, 9.17) is 0 Å². The number of aromatic amines is 1. The maximum Gasteiger partial charge on any atom is 0.237 e. The summed E-state index contributed by atoms with van der Waals surface area (Å²) in [6.45, 7) is 5.84. The van der Waals surface area contributed by atoms with Crippen LogP contribution in [0.2, 0.25) is 0 Å². The molecule has 1 atom stereocenters. The quantitative estimate of drug-likeness (QED) is 0.568. The summed E-state index contributed by atoms with van der Waals surface area (Å²) in [6, 6.07) is 6.00. The number of amides is 1. The monoisotopic (exact) mass is 327 g/mol. The maximum absolute atomic E-state index is 12.5. The summed E-state index contributed by atoms with van der Waals surface area (Å²) in [5.41, 5.74) is 4.35. The lowest BCUT2D eigenvalue weighted by molar-refractivity contribution is -0.115. The van der Waals surface area contributed by atoms with Gasteiger partial charge in [-0.2, -0.15) is 0 Å². The molecule has 7 heteroatoms. The number of hydrogen-bond donors (Lipinski definition) is 2. The molecular formula is C16H17N5OS. The highest BCUT2D eigenvalue weighted by molar-refractivity contribution is 8.00. The molecule has 0 saturated carbocycles. The molecule has 0 aliphatic rings. The van der Waals surface area contributed by atoms with E-state index in [0.717, 1.165) is 27.4 Å². The van der Waals surface area contributed by atoms with Crippen molar-refractivity contribution in [1.29, 1.82) is 0 Å². The largest absolute Gasteiger partial charge is 0.341 e. The van der Waals surface area contributed by atoms with Gasteiger partial charge in [0.15, 0.2) is 5.65 Å². The maximum atomic E-state index is 12.5. The number of nitrogens with zero attached hydrogens (tertiary/aromatic N) is 3. The number of benzene rings is 1. The number of fused-ring (bicyclic) bond motifs is 1. The van der Waals surface area contributed by atoms with Gasteiger partial charge in [-0.1, -0.05) is 23.9 Å². The fourth-order valence-electron chi connectivity index (χ4n) is 2.16. The van der Waals surface area contributed by atoms with Crippen molar-refractivity contribution in [3.8, 4) is 0 Å². The van der Waals surface area contributed by atoms with Crippen LogP contribution in [0.4, 0.5) is 5.69 Å². The second-order valence-corrected chi connectivity index (χ2v) is 6.68. The van der Waals surface area contributed by atoms with Gasteiger partial charge in [0, 0.05) is 5.69 Å². The molecule has 1 amide bonds. The van der Waals surface area contributed by atoms with Crippen LogP contribution in [0, 0.1) is 13.8 Å². The standard InChI is InChI=1S/C16H17N5OS/c1-9-4-5-10(2)12(6-9)21-15(22)11(3)23-16-13-14(18-7-17-13)19-8-20-16/h4-8,11H,1-3H3,(H,21,22)(H,17,18,19,20)/t11-/m1/s1. The zero-order chi connectivity index (χ0) is 16.4. The zero-order valence-corrected chi connectivity index (χ0v) is 13.9. The van der Waals surface area contributed by atoms with Crippen molar-refractivity contribution in [2.24, 2.45) is 0 Å². The number of rotatable bonds is 4. The van der Waals surface area contributed by atoms with E-state index in [1.165, 1.54) is 18.1 Å². The second-order valence-electron chi connectivity index (χ2n) is 5.35. The van der Waals surface area contributed by atoms with Crippen LogP contribution < -0.4 is 5.32 Å². The van der Waals surface area contributed by atoms with Crippen molar-refractivity contribution in [2.75, 3.05) is 5.32 Å². The molecule has 6 nitrogen and oxygen atoms in total. The highest BCUT2D eigenvalue weighted by atomic mass is 32.2. The van der Waals surface area contributed by atoms with Gasteiger partial charge in [-0.3, -0.25) is 4.79 Å². The van der Waals surface area contributed by atoms with E-state index in [2.05, 4.69) is 25.3 Å². The van der Waals surface area contributed by atoms with Crippen molar-refractivity contribution in [3.63, 3.8) is 0 Å². The number of imidazole rings is 1. The summed E-state index contributed by atoms with van der Waals surface area (Å²) in [7, 11) is 0. The highest BCUT2D eigenvalue weighted by Crippen LogP contribution is 2.27. The summed E-state index contributed by atoms with van der Waals surface area (Å²) in [6.07, 6.45) is 3.03. The van der Waals surface area contributed by atoms with Crippen LogP contribution in [0.25, 0.3) is 11.2 Å². The Kier molecular flexibility index (Phi) is 4.29. The first-order chi connectivity index (χ1) is 11.0. The molecule has 0 saturated heterocycles. The molecule has 2 N–H and O–H groups in total. The van der Waals surface area contributed by atoms with E-state index in [9.17, 15) is 4.79 Å². The Bertz CT molecular complexity index is 861. The first-order valence-corrected chi connectivity index (χ1v) is 8.11. The number of thioether (sulfide) groups is 1. The number of aromatic nitrogens is 4. The summed E-state index contributed by atoms with van der Waals surface area (Å²) >= 11 is 1.38. The van der Waals surface area contributed by atoms with Crippen LogP contribution in [-0.2, 0) is 4.79 Å². The predicted octanol–water partition coefficient (Wildman–Crippen LogP) is 3.09. The SMILES string of the molecule is Cc1ccc(C)c(NC(=O)[C@@H](C)Sc2ncnc3nc[nH]c23)c1. The number of carbonyl (C=O) groups is 1. The zero-order valence-electron chi connectivity index (χ0n) is 13.1. The van der Waals surface area contributed by atoms with Gasteiger partial charge in [0.1, 0.15) is 16.9 Å². The van der Waals surface area contributed by atoms with Gasteiger partial charge in [0.2, 0.25) is 5.91 Å². The molecule has 0 bridgehead atoms. The van der Waals surface area contributed by atoms with Crippen LogP contribution in [0.1, 0.15) is 18.1 Å². The van der Waals surface area contributed by atoms with E-state index >= 15 is 0 Å². The molecule has 0 aliphatic heterocycles. The first-order valence-electron chi connectivity index (χ1n) is 7.23. The number of anilines is 1. The van der Waals surface area contributed by atoms with E-state index in [1.54, 1.807) is 6.33 Å². The molecule has 0 spiro atoms. The Morgan fingerprint density at radius 1 is 1.26 bits per heavy atom. The van der Waals surface area contributed by atoms with E-state index in [-0.39, 0.29) is 11.2 Å². The van der Waals surface area contributed by atoms with E-state index in [1.807, 2.05) is 39.0 Å². The topological polar surface area (TPSA) is 83.6 Å². The molecule has 0 fully saturated rings. The van der Waals surface area contributed by atoms with Crippen LogP contribution >= 0.6 is 11.8 Å². The lowest BCUT2D eigenvalue weighted by Crippen LogP contribution is -2.23. The number of hydrogen-bond acceptors (Lipinski definition) is 5. The Hall–Kier alpha value is -2.41. The molecule has 3 aromatic rings. The average Bonchev–Trinajstić information content (AvgIpc) is 3.00. The fourth-order valence-corrected chi connectivity index (χ4v) is 3.03. The van der Waals surface area contributed by atoms with Gasteiger partial charge in [-0.05, 0) is 38.0 Å². The fraction of sp³-hybridized carbons (Fsp3) is 0.250. The molecular weight excluding hydrogens is 310 g/mol. The van der Waals surface area contributed by atoms with Crippen LogP contribution in [0.3, 0.4) is 0 Å². The third-order valence-corrected chi connectivity index (χ3v) is 4.60. The second kappa shape index (κ2) is 6.37. The smallest absolute Gasteiger partial charge is 0.237 e. The highest BCUT2D eigenvalue weighted by Gasteiger charge is 2.18. The van der Waals surface area contributed by atoms with Gasteiger partial charge in [-0.25, -0.2) is 15.0 Å². The lowest BCUT2D eigenvalue weighted by Gasteiger charge is -2.13. The predicted molar refractivity (Wildman–Crippen MR) is 91.5 cm³/mol. The van der Waals surface area contributed by atoms with Crippen molar-refractivity contribution in [1.82, 2.24) is 19.9 Å². The third kappa shape index (κ3) is 3.34. The van der Waals surface area contributed by atoms with Crippen molar-refractivity contribution < 1.29 is 4.79 Å². The Morgan fingerprint density at radius 3 is 2.91 bits per heavy atom. The van der Waals surface area contributed by atoms with Crippen molar-refractivity contribution >= 4 is 34.5 Å². The molecule has 23 heavy (non-hydrogen) atoms. The molecule has 0 unspecified atom stereocenters. The van der Waals surface area contributed by atoms with Gasteiger partial charge >= 0.3 is 0 Å². The lowest BCUT2D eigenvalue weighted by atomic mass is 10.1. The van der Waals surface area contributed by atoms with Crippen LogP contribution in [-0.4, -0.2) is 31.1 Å². The normalized spacial score (nSPS) is 12.3. The van der Waals surface area contributed by atoms with Gasteiger partial charge < -0.3 is 10.3 Å². The molecule has 3 rings (SSSR count). The molecule has 118 valence electrons. The average molecular weight is 327 g/mol. The molecule has 2 heterocycles. The Balaban J connectivity index is 1.75. The van der Waals surface area contributed by atoms with E-state index in [0.29, 0.717) is 5.65 Å². The van der Waals surface area contributed by atoms with Crippen LogP contribution in [0.15, 0.2) is 35.9 Å². The minimum Gasteiger partial charge on any atom is -0.341 e. The van der Waals surface area contributed by atoms with Crippen molar-refractivity contribution in [3.05, 3.63) is 42.0 Å².